The zero-order valence-electron chi connectivity index (χ0n) is 12.7. The fourth-order valence-corrected chi connectivity index (χ4v) is 4.25. The average Bonchev–Trinajstić information content (AvgIpc) is 2.89. The molecule has 2 heterocycles. The number of nitrogens with one attached hydrogen (secondary N) is 1. The Hall–Kier alpha value is -2.15. The monoisotopic (exact) mass is 335 g/mol. The van der Waals surface area contributed by atoms with Crippen LogP contribution in [0.5, 0.6) is 0 Å². The number of aromatic nitrogens is 1. The topological polar surface area (TPSA) is 62.3 Å². The second-order valence-corrected chi connectivity index (χ2v) is 7.57. The molecule has 5 nitrogen and oxygen atoms in total. The Morgan fingerprint density at radius 2 is 2.00 bits per heavy atom. The molecule has 0 amide bonds. The van der Waals surface area contributed by atoms with Crippen LogP contribution < -0.4 is 9.62 Å². The maximum atomic E-state index is 14.1. The number of rotatable bonds is 4. The van der Waals surface area contributed by atoms with E-state index in [0.29, 0.717) is 18.7 Å². The Kier molecular flexibility index (Phi) is 4.21. The van der Waals surface area contributed by atoms with Crippen molar-refractivity contribution < 1.29 is 12.8 Å². The Morgan fingerprint density at radius 3 is 2.65 bits per heavy atom. The molecule has 1 unspecified atom stereocenters. The zero-order valence-corrected chi connectivity index (χ0v) is 13.6. The molecule has 1 N–H and O–H groups in total. The lowest BCUT2D eigenvalue weighted by atomic mass is 10.1. The van der Waals surface area contributed by atoms with Crippen LogP contribution in [0.3, 0.4) is 0 Å². The summed E-state index contributed by atoms with van der Waals surface area (Å²) in [6.07, 6.45) is 3.94. The third-order valence-corrected chi connectivity index (χ3v) is 5.76. The lowest BCUT2D eigenvalue weighted by Gasteiger charge is -2.20. The Labute approximate surface area is 135 Å². The molecular formula is C16H18FN3O2S. The third kappa shape index (κ3) is 3.29. The highest BCUT2D eigenvalue weighted by molar-refractivity contribution is 7.93. The van der Waals surface area contributed by atoms with Gasteiger partial charge in [-0.15, -0.1) is 0 Å². The van der Waals surface area contributed by atoms with E-state index in [1.807, 2.05) is 19.1 Å². The summed E-state index contributed by atoms with van der Waals surface area (Å²) in [7, 11) is -3.40. The minimum absolute atomic E-state index is 0.00787. The van der Waals surface area contributed by atoms with E-state index in [-0.39, 0.29) is 17.5 Å². The van der Waals surface area contributed by atoms with Crippen molar-refractivity contribution in [2.75, 3.05) is 21.9 Å². The highest BCUT2D eigenvalue weighted by Crippen LogP contribution is 2.30. The summed E-state index contributed by atoms with van der Waals surface area (Å²) in [4.78, 5) is 3.98. The van der Waals surface area contributed by atoms with Gasteiger partial charge in [0.1, 0.15) is 5.82 Å². The number of hydrogen-bond acceptors (Lipinski definition) is 4. The van der Waals surface area contributed by atoms with Gasteiger partial charge in [-0.3, -0.25) is 9.29 Å². The number of sulfonamides is 1. The molecule has 7 heteroatoms. The van der Waals surface area contributed by atoms with Gasteiger partial charge < -0.3 is 5.32 Å². The van der Waals surface area contributed by atoms with Gasteiger partial charge in [0.15, 0.2) is 0 Å². The molecule has 3 rings (SSSR count). The average molecular weight is 335 g/mol. The third-order valence-electron chi connectivity index (χ3n) is 3.90. The first-order chi connectivity index (χ1) is 11.0. The Bertz CT molecular complexity index is 796. The van der Waals surface area contributed by atoms with E-state index >= 15 is 0 Å². The minimum Gasteiger partial charge on any atom is -0.378 e. The van der Waals surface area contributed by atoms with Gasteiger partial charge in [0.2, 0.25) is 10.0 Å². The number of benzene rings is 1. The van der Waals surface area contributed by atoms with E-state index in [1.165, 1.54) is 6.07 Å². The van der Waals surface area contributed by atoms with E-state index < -0.39 is 15.8 Å². The maximum absolute atomic E-state index is 14.1. The van der Waals surface area contributed by atoms with Crippen LogP contribution in [0, 0.1) is 5.82 Å². The van der Waals surface area contributed by atoms with Gasteiger partial charge in [-0.2, -0.15) is 0 Å². The quantitative estimate of drug-likeness (QED) is 0.933. The van der Waals surface area contributed by atoms with Crippen molar-refractivity contribution in [3.8, 4) is 0 Å². The van der Waals surface area contributed by atoms with Gasteiger partial charge in [-0.25, -0.2) is 12.8 Å². The lowest BCUT2D eigenvalue weighted by Crippen LogP contribution is -2.26. The number of anilines is 2. The van der Waals surface area contributed by atoms with Crippen molar-refractivity contribution in [1.29, 1.82) is 0 Å². The normalized spacial score (nSPS) is 17.9. The van der Waals surface area contributed by atoms with Gasteiger partial charge >= 0.3 is 0 Å². The molecule has 0 bridgehead atoms. The zero-order chi connectivity index (χ0) is 16.4. The van der Waals surface area contributed by atoms with Gasteiger partial charge in [0.25, 0.3) is 0 Å². The van der Waals surface area contributed by atoms with E-state index in [2.05, 4.69) is 10.3 Å². The van der Waals surface area contributed by atoms with Crippen LogP contribution in [0.4, 0.5) is 15.8 Å². The summed E-state index contributed by atoms with van der Waals surface area (Å²) < 4.78 is 39.2. The van der Waals surface area contributed by atoms with E-state index in [9.17, 15) is 12.8 Å². The predicted molar refractivity (Wildman–Crippen MR) is 88.4 cm³/mol. The van der Waals surface area contributed by atoms with Crippen molar-refractivity contribution in [3.05, 3.63) is 54.1 Å². The minimum atomic E-state index is -3.40. The van der Waals surface area contributed by atoms with Gasteiger partial charge in [-0.1, -0.05) is 0 Å². The molecule has 122 valence electrons. The van der Waals surface area contributed by atoms with Crippen molar-refractivity contribution in [2.24, 2.45) is 0 Å². The Morgan fingerprint density at radius 1 is 1.26 bits per heavy atom. The van der Waals surface area contributed by atoms with Crippen molar-refractivity contribution in [2.45, 2.75) is 19.4 Å². The molecule has 1 atom stereocenters. The molecule has 0 spiro atoms. The standard InChI is InChI=1S/C16H18FN3O2S/c1-12(13-5-7-18-8-6-13)19-14-3-4-15(17)16(11-14)20-9-2-10-23(20,21)22/h3-8,11-12,19H,2,9-10H2,1H3. The maximum Gasteiger partial charge on any atom is 0.235 e. The number of halogens is 1. The van der Waals surface area contributed by atoms with E-state index in [4.69, 9.17) is 0 Å². The fourth-order valence-electron chi connectivity index (χ4n) is 2.69. The molecule has 0 aliphatic carbocycles. The first kappa shape index (κ1) is 15.7. The molecule has 1 aliphatic heterocycles. The first-order valence-electron chi connectivity index (χ1n) is 7.44. The van der Waals surface area contributed by atoms with Crippen LogP contribution in [-0.2, 0) is 10.0 Å². The fraction of sp³-hybridized carbons (Fsp3) is 0.312. The van der Waals surface area contributed by atoms with Crippen molar-refractivity contribution in [3.63, 3.8) is 0 Å². The molecule has 2 aromatic rings. The molecule has 1 aliphatic rings. The molecule has 1 fully saturated rings. The molecular weight excluding hydrogens is 317 g/mol. The predicted octanol–water partition coefficient (Wildman–Crippen LogP) is 2.93. The summed E-state index contributed by atoms with van der Waals surface area (Å²) in [5, 5.41) is 3.26. The van der Waals surface area contributed by atoms with Crippen LogP contribution in [0.1, 0.15) is 24.9 Å². The molecule has 1 saturated heterocycles. The van der Waals surface area contributed by atoms with Crippen molar-refractivity contribution >= 4 is 21.4 Å². The summed E-state index contributed by atoms with van der Waals surface area (Å²) >= 11 is 0. The van der Waals surface area contributed by atoms with Crippen LogP contribution in [0.25, 0.3) is 0 Å². The SMILES string of the molecule is CC(Nc1ccc(F)c(N2CCCS2(=O)=O)c1)c1ccncc1. The molecule has 0 saturated carbocycles. The highest BCUT2D eigenvalue weighted by Gasteiger charge is 2.30. The van der Waals surface area contributed by atoms with E-state index in [1.54, 1.807) is 24.5 Å². The molecule has 23 heavy (non-hydrogen) atoms. The smallest absolute Gasteiger partial charge is 0.235 e. The summed E-state index contributed by atoms with van der Waals surface area (Å²) in [5.74, 6) is -0.463. The van der Waals surface area contributed by atoms with Crippen molar-refractivity contribution in [1.82, 2.24) is 4.98 Å². The second kappa shape index (κ2) is 6.16. The van der Waals surface area contributed by atoms with Crippen LogP contribution in [-0.4, -0.2) is 25.7 Å². The lowest BCUT2D eigenvalue weighted by molar-refractivity contribution is 0.595. The number of hydrogen-bond donors (Lipinski definition) is 1. The van der Waals surface area contributed by atoms with Crippen LogP contribution in [0.2, 0.25) is 0 Å². The van der Waals surface area contributed by atoms with Crippen LogP contribution in [0.15, 0.2) is 42.7 Å². The number of nitrogens with zero attached hydrogens (tertiary/aromatic N) is 2. The molecule has 1 aromatic heterocycles. The number of pyridine rings is 1. The largest absolute Gasteiger partial charge is 0.378 e. The van der Waals surface area contributed by atoms with Gasteiger partial charge in [0.05, 0.1) is 11.4 Å². The summed E-state index contributed by atoms with van der Waals surface area (Å²) in [6, 6.07) is 8.24. The molecule has 0 radical (unpaired) electrons. The first-order valence-corrected chi connectivity index (χ1v) is 9.05. The highest BCUT2D eigenvalue weighted by atomic mass is 32.2. The summed E-state index contributed by atoms with van der Waals surface area (Å²) in [5.41, 5.74) is 1.82. The molecule has 1 aromatic carbocycles. The van der Waals surface area contributed by atoms with Gasteiger partial charge in [-0.05, 0) is 49.2 Å². The second-order valence-electron chi connectivity index (χ2n) is 5.55. The Balaban J connectivity index is 1.86. The van der Waals surface area contributed by atoms with Crippen LogP contribution >= 0.6 is 0 Å². The van der Waals surface area contributed by atoms with E-state index in [0.717, 1.165) is 9.87 Å². The summed E-state index contributed by atoms with van der Waals surface area (Å²) in [6.45, 7) is 2.30. The van der Waals surface area contributed by atoms with Gasteiger partial charge in [0, 0.05) is 30.7 Å².